The summed E-state index contributed by atoms with van der Waals surface area (Å²) >= 11 is 0. The molecule has 4 nitrogen and oxygen atoms in total. The van der Waals surface area contributed by atoms with Crippen molar-refractivity contribution >= 4 is 5.91 Å². The Morgan fingerprint density at radius 1 is 1.29 bits per heavy atom. The highest BCUT2D eigenvalue weighted by Crippen LogP contribution is 2.10. The maximum Gasteiger partial charge on any atom is 0.237 e. The lowest BCUT2D eigenvalue weighted by Crippen LogP contribution is -2.45. The molecule has 1 rings (SSSR count). The lowest BCUT2D eigenvalue weighted by Gasteiger charge is -2.20. The van der Waals surface area contributed by atoms with E-state index in [2.05, 4.69) is 15.6 Å². The third kappa shape index (κ3) is 4.53. The molecule has 2 N–H and O–H groups in total. The molecule has 1 aromatic rings. The number of nitrogens with zero attached hydrogens (tertiary/aromatic N) is 1. The molecule has 0 saturated heterocycles. The van der Waals surface area contributed by atoms with Crippen LogP contribution in [0.2, 0.25) is 0 Å². The van der Waals surface area contributed by atoms with Crippen LogP contribution < -0.4 is 10.6 Å². The average molecular weight is 235 g/mol. The largest absolute Gasteiger partial charge is 0.353 e. The van der Waals surface area contributed by atoms with Crippen LogP contribution in [0.15, 0.2) is 24.5 Å². The van der Waals surface area contributed by atoms with E-state index in [0.717, 1.165) is 5.56 Å². The average Bonchev–Trinajstić information content (AvgIpc) is 2.29. The molecule has 0 radical (unpaired) electrons. The van der Waals surface area contributed by atoms with Gasteiger partial charge in [-0.15, -0.1) is 0 Å². The van der Waals surface area contributed by atoms with Gasteiger partial charge in [0.25, 0.3) is 0 Å². The molecule has 0 aliphatic carbocycles. The summed E-state index contributed by atoms with van der Waals surface area (Å²) in [6, 6.07) is 3.95. The van der Waals surface area contributed by atoms with E-state index in [0.29, 0.717) is 0 Å². The Morgan fingerprint density at radius 2 is 2.00 bits per heavy atom. The van der Waals surface area contributed by atoms with Gasteiger partial charge in [-0.3, -0.25) is 15.1 Å². The van der Waals surface area contributed by atoms with Crippen molar-refractivity contribution in [3.05, 3.63) is 30.1 Å². The van der Waals surface area contributed by atoms with Crippen LogP contribution in [0.4, 0.5) is 0 Å². The summed E-state index contributed by atoms with van der Waals surface area (Å²) in [5, 5.41) is 6.13. The van der Waals surface area contributed by atoms with Gasteiger partial charge < -0.3 is 5.32 Å². The van der Waals surface area contributed by atoms with E-state index in [1.54, 1.807) is 6.20 Å². The quantitative estimate of drug-likeness (QED) is 0.816. The molecule has 0 bridgehead atoms. The third-order valence-electron chi connectivity index (χ3n) is 2.51. The highest BCUT2D eigenvalue weighted by atomic mass is 16.2. The molecular weight excluding hydrogens is 214 g/mol. The normalized spacial score (nSPS) is 14.4. The van der Waals surface area contributed by atoms with Crippen LogP contribution in [0.5, 0.6) is 0 Å². The van der Waals surface area contributed by atoms with E-state index in [-0.39, 0.29) is 24.0 Å². The van der Waals surface area contributed by atoms with Gasteiger partial charge in [0.05, 0.1) is 6.04 Å². The fourth-order valence-corrected chi connectivity index (χ4v) is 1.59. The number of pyridine rings is 1. The van der Waals surface area contributed by atoms with E-state index in [4.69, 9.17) is 0 Å². The highest BCUT2D eigenvalue weighted by molar-refractivity contribution is 5.81. The predicted octanol–water partition coefficient (Wildman–Crippen LogP) is 1.65. The number of carbonyl (C=O) groups is 1. The van der Waals surface area contributed by atoms with Crippen LogP contribution in [-0.4, -0.2) is 23.0 Å². The maximum atomic E-state index is 11.7. The summed E-state index contributed by atoms with van der Waals surface area (Å²) in [7, 11) is 0. The molecule has 2 atom stereocenters. The Bertz CT molecular complexity index is 351. The highest BCUT2D eigenvalue weighted by Gasteiger charge is 2.16. The van der Waals surface area contributed by atoms with Crippen LogP contribution in [-0.2, 0) is 4.79 Å². The van der Waals surface area contributed by atoms with E-state index in [1.165, 1.54) is 0 Å². The molecule has 1 heterocycles. The van der Waals surface area contributed by atoms with Gasteiger partial charge in [-0.05, 0) is 39.3 Å². The third-order valence-corrected chi connectivity index (χ3v) is 2.51. The second kappa shape index (κ2) is 6.35. The summed E-state index contributed by atoms with van der Waals surface area (Å²) in [4.78, 5) is 15.8. The molecule has 0 aromatic carbocycles. The van der Waals surface area contributed by atoms with Crippen molar-refractivity contribution in [3.63, 3.8) is 0 Å². The summed E-state index contributed by atoms with van der Waals surface area (Å²) in [5.41, 5.74) is 1.08. The van der Waals surface area contributed by atoms with Gasteiger partial charge in [0.15, 0.2) is 0 Å². The maximum absolute atomic E-state index is 11.7. The number of nitrogens with one attached hydrogen (secondary N) is 2. The first-order chi connectivity index (χ1) is 8.00. The van der Waals surface area contributed by atoms with Gasteiger partial charge in [0.1, 0.15) is 0 Å². The molecule has 0 fully saturated rings. The van der Waals surface area contributed by atoms with Crippen molar-refractivity contribution in [1.82, 2.24) is 15.6 Å². The van der Waals surface area contributed by atoms with E-state index in [1.807, 2.05) is 46.0 Å². The van der Waals surface area contributed by atoms with Gasteiger partial charge in [0.2, 0.25) is 5.91 Å². The van der Waals surface area contributed by atoms with Crippen molar-refractivity contribution < 1.29 is 4.79 Å². The van der Waals surface area contributed by atoms with Gasteiger partial charge in [0, 0.05) is 24.5 Å². The molecule has 0 saturated carbocycles. The fraction of sp³-hybridized carbons (Fsp3) is 0.538. The van der Waals surface area contributed by atoms with Crippen molar-refractivity contribution in [2.75, 3.05) is 0 Å². The Hall–Kier alpha value is -1.42. The molecule has 2 unspecified atom stereocenters. The van der Waals surface area contributed by atoms with Gasteiger partial charge in [-0.1, -0.05) is 6.07 Å². The van der Waals surface area contributed by atoms with Crippen molar-refractivity contribution in [2.24, 2.45) is 0 Å². The van der Waals surface area contributed by atoms with Crippen molar-refractivity contribution in [2.45, 2.75) is 45.8 Å². The zero-order valence-electron chi connectivity index (χ0n) is 10.9. The number of aromatic nitrogens is 1. The van der Waals surface area contributed by atoms with Crippen molar-refractivity contribution in [1.29, 1.82) is 0 Å². The van der Waals surface area contributed by atoms with E-state index >= 15 is 0 Å². The standard InChI is InChI=1S/C13H21N3O/c1-9(2)15-13(17)11(4)16-10(3)12-6-5-7-14-8-12/h5-11,16H,1-4H3,(H,15,17). The van der Waals surface area contributed by atoms with Gasteiger partial charge in [-0.25, -0.2) is 0 Å². The Labute approximate surface area is 103 Å². The minimum Gasteiger partial charge on any atom is -0.353 e. The summed E-state index contributed by atoms with van der Waals surface area (Å²) in [5.74, 6) is 0.0238. The molecular formula is C13H21N3O. The molecule has 17 heavy (non-hydrogen) atoms. The van der Waals surface area contributed by atoms with Crippen LogP contribution in [0.1, 0.15) is 39.3 Å². The Kier molecular flexibility index (Phi) is 5.10. The second-order valence-electron chi connectivity index (χ2n) is 4.56. The summed E-state index contributed by atoms with van der Waals surface area (Å²) in [6.07, 6.45) is 3.55. The smallest absolute Gasteiger partial charge is 0.237 e. The SMILES string of the molecule is CC(C)NC(=O)C(C)NC(C)c1cccnc1. The zero-order chi connectivity index (χ0) is 12.8. The van der Waals surface area contributed by atoms with Crippen LogP contribution in [0, 0.1) is 0 Å². The summed E-state index contributed by atoms with van der Waals surface area (Å²) < 4.78 is 0. The molecule has 0 aliphatic rings. The summed E-state index contributed by atoms with van der Waals surface area (Å²) in [6.45, 7) is 7.80. The number of hydrogen-bond donors (Lipinski definition) is 2. The minimum absolute atomic E-state index is 0.0238. The van der Waals surface area contributed by atoms with Crippen molar-refractivity contribution in [3.8, 4) is 0 Å². The zero-order valence-corrected chi connectivity index (χ0v) is 10.9. The topological polar surface area (TPSA) is 54.0 Å². The van der Waals surface area contributed by atoms with Crippen LogP contribution in [0.25, 0.3) is 0 Å². The molecule has 1 aromatic heterocycles. The number of amides is 1. The number of rotatable bonds is 5. The Balaban J connectivity index is 2.51. The van der Waals surface area contributed by atoms with Gasteiger partial charge >= 0.3 is 0 Å². The van der Waals surface area contributed by atoms with E-state index < -0.39 is 0 Å². The first-order valence-electron chi connectivity index (χ1n) is 5.97. The Morgan fingerprint density at radius 3 is 2.53 bits per heavy atom. The lowest BCUT2D eigenvalue weighted by atomic mass is 10.1. The monoisotopic (exact) mass is 235 g/mol. The molecule has 1 amide bonds. The fourth-order valence-electron chi connectivity index (χ4n) is 1.59. The molecule has 0 spiro atoms. The first-order valence-corrected chi connectivity index (χ1v) is 5.97. The predicted molar refractivity (Wildman–Crippen MR) is 68.5 cm³/mol. The van der Waals surface area contributed by atoms with Crippen LogP contribution >= 0.6 is 0 Å². The van der Waals surface area contributed by atoms with Crippen LogP contribution in [0.3, 0.4) is 0 Å². The minimum atomic E-state index is -0.215. The number of hydrogen-bond acceptors (Lipinski definition) is 3. The second-order valence-corrected chi connectivity index (χ2v) is 4.56. The molecule has 4 heteroatoms. The first kappa shape index (κ1) is 13.6. The molecule has 0 aliphatic heterocycles. The van der Waals surface area contributed by atoms with Gasteiger partial charge in [-0.2, -0.15) is 0 Å². The van der Waals surface area contributed by atoms with E-state index in [9.17, 15) is 4.79 Å². The molecule has 94 valence electrons. The lowest BCUT2D eigenvalue weighted by molar-refractivity contribution is -0.123. The number of carbonyl (C=O) groups excluding carboxylic acids is 1.